The van der Waals surface area contributed by atoms with Gasteiger partial charge in [0.15, 0.2) is 5.78 Å². The van der Waals surface area contributed by atoms with Gasteiger partial charge in [0.25, 0.3) is 0 Å². The third kappa shape index (κ3) is 4.55. The number of ether oxygens (including phenoxy) is 2. The van der Waals surface area contributed by atoms with Crippen molar-refractivity contribution in [2.24, 2.45) is 5.92 Å². The number of benzene rings is 1. The van der Waals surface area contributed by atoms with Gasteiger partial charge in [-0.1, -0.05) is 23.7 Å². The predicted octanol–water partition coefficient (Wildman–Crippen LogP) is 2.93. The molecule has 0 fully saturated rings. The molecule has 1 rings (SSSR count). The van der Waals surface area contributed by atoms with Crippen molar-refractivity contribution in [3.63, 3.8) is 0 Å². The van der Waals surface area contributed by atoms with Crippen molar-refractivity contribution in [1.29, 1.82) is 0 Å². The van der Waals surface area contributed by atoms with Crippen LogP contribution in [-0.2, 0) is 29.3 Å². The third-order valence-corrected chi connectivity index (χ3v) is 3.74. The average Bonchev–Trinajstić information content (AvgIpc) is 2.48. The van der Waals surface area contributed by atoms with E-state index in [1.165, 1.54) is 0 Å². The van der Waals surface area contributed by atoms with Gasteiger partial charge in [0.1, 0.15) is 0 Å². The molecule has 126 valence electrons. The van der Waals surface area contributed by atoms with E-state index in [1.54, 1.807) is 52.0 Å². The van der Waals surface area contributed by atoms with Gasteiger partial charge >= 0.3 is 11.9 Å². The summed E-state index contributed by atoms with van der Waals surface area (Å²) in [4.78, 5) is 37.0. The highest BCUT2D eigenvalue weighted by Crippen LogP contribution is 2.29. The molecule has 0 atom stereocenters. The van der Waals surface area contributed by atoms with Crippen LogP contribution in [0.25, 0.3) is 0 Å². The molecule has 1 aromatic rings. The Morgan fingerprint density at radius 2 is 1.43 bits per heavy atom. The highest BCUT2D eigenvalue weighted by molar-refractivity contribution is 6.30. The lowest BCUT2D eigenvalue weighted by molar-refractivity contribution is -0.165. The zero-order valence-corrected chi connectivity index (χ0v) is 14.5. The van der Waals surface area contributed by atoms with Crippen LogP contribution in [0.15, 0.2) is 24.3 Å². The van der Waals surface area contributed by atoms with E-state index < -0.39 is 29.1 Å². The Kier molecular flexibility index (Phi) is 6.76. The average molecular weight is 341 g/mol. The van der Waals surface area contributed by atoms with E-state index >= 15 is 0 Å². The third-order valence-electron chi connectivity index (χ3n) is 3.49. The number of halogens is 1. The molecule has 0 heterocycles. The Bertz CT molecular complexity index is 559. The standard InChI is InChI=1S/C17H21ClO5/c1-5-22-15(20)13(16(21)23-6-2)14(19)17(3,4)11-7-9-12(18)10-8-11/h7-10,13H,5-6H2,1-4H3. The minimum Gasteiger partial charge on any atom is -0.465 e. The van der Waals surface area contributed by atoms with Gasteiger partial charge in [-0.05, 0) is 45.4 Å². The fraction of sp³-hybridized carbons (Fsp3) is 0.471. The number of Topliss-reactive ketones (excluding diaryl/α,β-unsaturated/α-hetero) is 1. The molecular weight excluding hydrogens is 320 g/mol. The van der Waals surface area contributed by atoms with Crippen molar-refractivity contribution in [3.8, 4) is 0 Å². The van der Waals surface area contributed by atoms with Crippen molar-refractivity contribution < 1.29 is 23.9 Å². The lowest BCUT2D eigenvalue weighted by Crippen LogP contribution is -2.44. The number of esters is 2. The number of ketones is 1. The molecule has 0 unspecified atom stereocenters. The normalized spacial score (nSPS) is 11.2. The van der Waals surface area contributed by atoms with Crippen LogP contribution < -0.4 is 0 Å². The van der Waals surface area contributed by atoms with Gasteiger partial charge in [-0.15, -0.1) is 0 Å². The molecule has 0 aliphatic carbocycles. The Balaban J connectivity index is 3.18. The largest absolute Gasteiger partial charge is 0.465 e. The fourth-order valence-electron chi connectivity index (χ4n) is 2.13. The summed E-state index contributed by atoms with van der Waals surface area (Å²) in [6, 6.07) is 6.67. The van der Waals surface area contributed by atoms with Gasteiger partial charge in [0, 0.05) is 10.4 Å². The van der Waals surface area contributed by atoms with Gasteiger partial charge in [0.2, 0.25) is 5.92 Å². The summed E-state index contributed by atoms with van der Waals surface area (Å²) < 4.78 is 9.72. The summed E-state index contributed by atoms with van der Waals surface area (Å²) in [7, 11) is 0. The van der Waals surface area contributed by atoms with Crippen LogP contribution in [0.5, 0.6) is 0 Å². The first-order valence-corrected chi connectivity index (χ1v) is 7.77. The zero-order chi connectivity index (χ0) is 17.6. The van der Waals surface area contributed by atoms with E-state index in [2.05, 4.69) is 0 Å². The van der Waals surface area contributed by atoms with E-state index in [-0.39, 0.29) is 13.2 Å². The molecule has 0 aliphatic rings. The van der Waals surface area contributed by atoms with Crippen LogP contribution in [0.4, 0.5) is 0 Å². The van der Waals surface area contributed by atoms with Crippen molar-refractivity contribution in [2.75, 3.05) is 13.2 Å². The van der Waals surface area contributed by atoms with Crippen LogP contribution in [0.3, 0.4) is 0 Å². The highest BCUT2D eigenvalue weighted by Gasteiger charge is 2.45. The molecule has 6 heteroatoms. The molecule has 0 spiro atoms. The van der Waals surface area contributed by atoms with Crippen LogP contribution in [0.1, 0.15) is 33.3 Å². The predicted molar refractivity (Wildman–Crippen MR) is 86.2 cm³/mol. The van der Waals surface area contributed by atoms with Gasteiger partial charge < -0.3 is 9.47 Å². The highest BCUT2D eigenvalue weighted by atomic mass is 35.5. The molecule has 0 radical (unpaired) electrons. The molecule has 0 saturated carbocycles. The van der Waals surface area contributed by atoms with Crippen LogP contribution in [0.2, 0.25) is 5.02 Å². The monoisotopic (exact) mass is 340 g/mol. The van der Waals surface area contributed by atoms with Gasteiger partial charge in [-0.3, -0.25) is 14.4 Å². The van der Waals surface area contributed by atoms with Crippen molar-refractivity contribution >= 4 is 29.3 Å². The summed E-state index contributed by atoms with van der Waals surface area (Å²) in [5.74, 6) is -3.95. The number of carbonyl (C=O) groups excluding carboxylic acids is 3. The first-order valence-electron chi connectivity index (χ1n) is 7.39. The van der Waals surface area contributed by atoms with E-state index in [1.807, 2.05) is 0 Å². The van der Waals surface area contributed by atoms with E-state index in [9.17, 15) is 14.4 Å². The summed E-state index contributed by atoms with van der Waals surface area (Å²) in [5, 5.41) is 0.532. The number of rotatable bonds is 7. The molecule has 0 aromatic heterocycles. The van der Waals surface area contributed by atoms with E-state index in [0.717, 1.165) is 0 Å². The first kappa shape index (κ1) is 19.2. The molecule has 5 nitrogen and oxygen atoms in total. The van der Waals surface area contributed by atoms with E-state index in [0.29, 0.717) is 10.6 Å². The summed E-state index contributed by atoms with van der Waals surface area (Å²) in [5.41, 5.74) is -0.431. The molecule has 0 bridgehead atoms. The quantitative estimate of drug-likeness (QED) is 0.564. The Labute approximate surface area is 140 Å². The van der Waals surface area contributed by atoms with Crippen LogP contribution in [0, 0.1) is 5.92 Å². The topological polar surface area (TPSA) is 69.7 Å². The summed E-state index contributed by atoms with van der Waals surface area (Å²) in [6.45, 7) is 6.64. The summed E-state index contributed by atoms with van der Waals surface area (Å²) in [6.07, 6.45) is 0. The van der Waals surface area contributed by atoms with E-state index in [4.69, 9.17) is 21.1 Å². The Hall–Kier alpha value is -1.88. The maximum absolute atomic E-state index is 12.8. The first-order chi connectivity index (χ1) is 10.8. The molecule has 0 saturated heterocycles. The Morgan fingerprint density at radius 1 is 1.00 bits per heavy atom. The lowest BCUT2D eigenvalue weighted by Gasteiger charge is -2.27. The second kappa shape index (κ2) is 8.11. The van der Waals surface area contributed by atoms with Gasteiger partial charge in [-0.25, -0.2) is 0 Å². The lowest BCUT2D eigenvalue weighted by atomic mass is 9.75. The maximum Gasteiger partial charge on any atom is 0.328 e. The van der Waals surface area contributed by atoms with Gasteiger partial charge in [-0.2, -0.15) is 0 Å². The number of hydrogen-bond acceptors (Lipinski definition) is 5. The molecule has 0 amide bonds. The Morgan fingerprint density at radius 3 is 1.83 bits per heavy atom. The second-order valence-electron chi connectivity index (χ2n) is 5.43. The number of carbonyl (C=O) groups is 3. The minimum atomic E-state index is -1.60. The second-order valence-corrected chi connectivity index (χ2v) is 5.87. The van der Waals surface area contributed by atoms with Crippen LogP contribution >= 0.6 is 11.6 Å². The van der Waals surface area contributed by atoms with Crippen molar-refractivity contribution in [1.82, 2.24) is 0 Å². The molecule has 0 N–H and O–H groups in total. The molecule has 23 heavy (non-hydrogen) atoms. The molecule has 1 aromatic carbocycles. The van der Waals surface area contributed by atoms with Gasteiger partial charge in [0.05, 0.1) is 13.2 Å². The smallest absolute Gasteiger partial charge is 0.328 e. The van der Waals surface area contributed by atoms with Crippen molar-refractivity contribution in [3.05, 3.63) is 34.9 Å². The SMILES string of the molecule is CCOC(=O)C(C(=O)OCC)C(=O)C(C)(C)c1ccc(Cl)cc1. The number of hydrogen-bond donors (Lipinski definition) is 0. The molecular formula is C17H21ClO5. The summed E-state index contributed by atoms with van der Waals surface area (Å²) >= 11 is 5.85. The van der Waals surface area contributed by atoms with Crippen LogP contribution in [-0.4, -0.2) is 30.9 Å². The zero-order valence-electron chi connectivity index (χ0n) is 13.7. The minimum absolute atomic E-state index is 0.0728. The fourth-order valence-corrected chi connectivity index (χ4v) is 2.26. The van der Waals surface area contributed by atoms with Crippen molar-refractivity contribution in [2.45, 2.75) is 33.1 Å². The maximum atomic E-state index is 12.8. The molecule has 0 aliphatic heterocycles.